The van der Waals surface area contributed by atoms with Crippen molar-refractivity contribution < 1.29 is 9.47 Å². The highest BCUT2D eigenvalue weighted by molar-refractivity contribution is 7.16. The largest absolute Gasteiger partial charge is 0.454 e. The third-order valence-electron chi connectivity index (χ3n) is 3.46. The minimum absolute atomic E-state index is 0.224. The highest BCUT2D eigenvalue weighted by atomic mass is 32.1. The summed E-state index contributed by atoms with van der Waals surface area (Å²) in [6, 6.07) is 7.77. The minimum Gasteiger partial charge on any atom is -0.454 e. The van der Waals surface area contributed by atoms with Crippen LogP contribution in [-0.4, -0.2) is 21.4 Å². The van der Waals surface area contributed by atoms with Gasteiger partial charge in [0.1, 0.15) is 16.8 Å². The number of nitriles is 1. The van der Waals surface area contributed by atoms with E-state index >= 15 is 0 Å². The van der Waals surface area contributed by atoms with E-state index < -0.39 is 0 Å². The third-order valence-corrected chi connectivity index (χ3v) is 4.67. The van der Waals surface area contributed by atoms with E-state index in [2.05, 4.69) is 30.0 Å². The molecule has 2 aromatic heterocycles. The Kier molecular flexibility index (Phi) is 2.81. The number of hydrogen-bond donors (Lipinski definition) is 0. The third kappa shape index (κ3) is 1.84. The molecule has 22 heavy (non-hydrogen) atoms. The first-order valence-corrected chi connectivity index (χ1v) is 7.68. The van der Waals surface area contributed by atoms with Gasteiger partial charge in [-0.15, -0.1) is 0 Å². The summed E-state index contributed by atoms with van der Waals surface area (Å²) in [7, 11) is 0. The lowest BCUT2D eigenvalue weighted by Crippen LogP contribution is -1.94. The van der Waals surface area contributed by atoms with E-state index in [0.29, 0.717) is 28.8 Å². The molecule has 0 radical (unpaired) electrons. The average molecular weight is 312 g/mol. The van der Waals surface area contributed by atoms with Crippen molar-refractivity contribution in [1.29, 1.82) is 5.26 Å². The van der Waals surface area contributed by atoms with E-state index in [-0.39, 0.29) is 6.79 Å². The second kappa shape index (κ2) is 4.71. The van der Waals surface area contributed by atoms with Crippen molar-refractivity contribution in [3.8, 4) is 28.8 Å². The highest BCUT2D eigenvalue weighted by Crippen LogP contribution is 2.37. The number of nitrogens with zero attached hydrogens (tertiary/aromatic N) is 4. The topological polar surface area (TPSA) is 72.4 Å². The van der Waals surface area contributed by atoms with Crippen molar-refractivity contribution in [2.45, 2.75) is 19.8 Å². The molecule has 0 fully saturated rings. The molecule has 0 spiro atoms. The van der Waals surface area contributed by atoms with E-state index in [1.54, 1.807) is 4.52 Å². The summed E-state index contributed by atoms with van der Waals surface area (Å²) in [5, 5.41) is 15.0. The molecule has 3 aromatic rings. The van der Waals surface area contributed by atoms with Crippen molar-refractivity contribution >= 4 is 16.3 Å². The van der Waals surface area contributed by atoms with E-state index in [1.807, 2.05) is 18.2 Å². The molecule has 0 aliphatic carbocycles. The van der Waals surface area contributed by atoms with Crippen LogP contribution < -0.4 is 9.47 Å². The Morgan fingerprint density at radius 2 is 2.14 bits per heavy atom. The molecule has 0 saturated heterocycles. The van der Waals surface area contributed by atoms with Crippen molar-refractivity contribution in [3.05, 3.63) is 28.9 Å². The zero-order chi connectivity index (χ0) is 15.3. The number of aromatic nitrogens is 3. The van der Waals surface area contributed by atoms with Crippen LogP contribution in [0.3, 0.4) is 0 Å². The standard InChI is InChI=1S/C15H12N4O2S/c1-8(2)14-18-19-10(6-16)13(17-15(19)22-14)9-3-4-11-12(5-9)21-7-20-11/h3-5,8H,7H2,1-2H3. The first kappa shape index (κ1) is 13.1. The van der Waals surface area contributed by atoms with E-state index in [4.69, 9.17) is 9.47 Å². The van der Waals surface area contributed by atoms with Gasteiger partial charge in [-0.3, -0.25) is 0 Å². The van der Waals surface area contributed by atoms with E-state index in [0.717, 1.165) is 15.5 Å². The SMILES string of the molecule is CC(C)c1nn2c(C#N)c(-c3ccc4c(c3)OCO4)nc2s1. The summed E-state index contributed by atoms with van der Waals surface area (Å²) in [6.45, 7) is 4.37. The average Bonchev–Trinajstić information content (AvgIpc) is 3.19. The van der Waals surface area contributed by atoms with Gasteiger partial charge in [-0.1, -0.05) is 25.2 Å². The van der Waals surface area contributed by atoms with Gasteiger partial charge in [0, 0.05) is 11.5 Å². The number of hydrogen-bond acceptors (Lipinski definition) is 6. The lowest BCUT2D eigenvalue weighted by Gasteiger charge is -2.01. The Morgan fingerprint density at radius 3 is 2.91 bits per heavy atom. The molecule has 0 bridgehead atoms. The summed E-state index contributed by atoms with van der Waals surface area (Å²) in [5.41, 5.74) is 1.89. The fourth-order valence-electron chi connectivity index (χ4n) is 2.34. The van der Waals surface area contributed by atoms with Crippen LogP contribution in [0.4, 0.5) is 0 Å². The van der Waals surface area contributed by atoms with Crippen LogP contribution in [0.5, 0.6) is 11.5 Å². The van der Waals surface area contributed by atoms with Gasteiger partial charge in [0.05, 0.1) is 0 Å². The fourth-order valence-corrected chi connectivity index (χ4v) is 3.24. The zero-order valence-corrected chi connectivity index (χ0v) is 12.8. The first-order valence-electron chi connectivity index (χ1n) is 6.87. The van der Waals surface area contributed by atoms with Crippen molar-refractivity contribution in [2.24, 2.45) is 0 Å². The fraction of sp³-hybridized carbons (Fsp3) is 0.267. The molecule has 0 atom stereocenters. The van der Waals surface area contributed by atoms with Crippen LogP contribution in [0.1, 0.15) is 30.5 Å². The zero-order valence-electron chi connectivity index (χ0n) is 12.0. The summed E-state index contributed by atoms with van der Waals surface area (Å²) in [4.78, 5) is 5.31. The van der Waals surface area contributed by atoms with Crippen molar-refractivity contribution in [3.63, 3.8) is 0 Å². The molecule has 6 nitrogen and oxygen atoms in total. The molecule has 7 heteroatoms. The maximum absolute atomic E-state index is 9.51. The molecule has 0 unspecified atom stereocenters. The van der Waals surface area contributed by atoms with Crippen LogP contribution in [0.15, 0.2) is 18.2 Å². The predicted octanol–water partition coefficient (Wildman–Crippen LogP) is 3.18. The van der Waals surface area contributed by atoms with E-state index in [9.17, 15) is 5.26 Å². The Hall–Kier alpha value is -2.59. The number of benzene rings is 1. The summed E-state index contributed by atoms with van der Waals surface area (Å²) in [5.74, 6) is 1.70. The molecule has 0 N–H and O–H groups in total. The van der Waals surface area contributed by atoms with Crippen LogP contribution in [0.2, 0.25) is 0 Å². The molecule has 110 valence electrons. The van der Waals surface area contributed by atoms with E-state index in [1.165, 1.54) is 11.3 Å². The maximum atomic E-state index is 9.51. The molecule has 1 aliphatic heterocycles. The molecule has 0 amide bonds. The van der Waals surface area contributed by atoms with Gasteiger partial charge in [0.15, 0.2) is 17.2 Å². The summed E-state index contributed by atoms with van der Waals surface area (Å²) < 4.78 is 12.3. The number of rotatable bonds is 2. The minimum atomic E-state index is 0.224. The van der Waals surface area contributed by atoms with Gasteiger partial charge in [-0.2, -0.15) is 14.9 Å². The molecular formula is C15H12N4O2S. The second-order valence-corrected chi connectivity index (χ2v) is 6.27. The predicted molar refractivity (Wildman–Crippen MR) is 81.2 cm³/mol. The maximum Gasteiger partial charge on any atom is 0.231 e. The van der Waals surface area contributed by atoms with Crippen LogP contribution in [0.25, 0.3) is 16.2 Å². The van der Waals surface area contributed by atoms with Gasteiger partial charge in [0.25, 0.3) is 0 Å². The lowest BCUT2D eigenvalue weighted by atomic mass is 10.1. The molecule has 4 rings (SSSR count). The van der Waals surface area contributed by atoms with Gasteiger partial charge in [0.2, 0.25) is 11.8 Å². The lowest BCUT2D eigenvalue weighted by molar-refractivity contribution is 0.174. The van der Waals surface area contributed by atoms with Gasteiger partial charge in [-0.25, -0.2) is 4.98 Å². The first-order chi connectivity index (χ1) is 10.7. The quantitative estimate of drug-likeness (QED) is 0.726. The molecule has 1 aromatic carbocycles. The smallest absolute Gasteiger partial charge is 0.231 e. The highest BCUT2D eigenvalue weighted by Gasteiger charge is 2.21. The summed E-state index contributed by atoms with van der Waals surface area (Å²) in [6.07, 6.45) is 0. The summed E-state index contributed by atoms with van der Waals surface area (Å²) >= 11 is 1.51. The Morgan fingerprint density at radius 1 is 1.32 bits per heavy atom. The second-order valence-electron chi connectivity index (χ2n) is 5.28. The number of fused-ring (bicyclic) bond motifs is 2. The van der Waals surface area contributed by atoms with Crippen LogP contribution >= 0.6 is 11.3 Å². The molecule has 3 heterocycles. The molecule has 1 aliphatic rings. The van der Waals surface area contributed by atoms with Crippen LogP contribution in [0, 0.1) is 11.3 Å². The Bertz CT molecular complexity index is 920. The van der Waals surface area contributed by atoms with Crippen molar-refractivity contribution in [1.82, 2.24) is 14.6 Å². The normalized spacial score (nSPS) is 13.0. The number of ether oxygens (including phenoxy) is 2. The van der Waals surface area contributed by atoms with Crippen LogP contribution in [-0.2, 0) is 0 Å². The van der Waals surface area contributed by atoms with Gasteiger partial charge < -0.3 is 9.47 Å². The molecular weight excluding hydrogens is 300 g/mol. The monoisotopic (exact) mass is 312 g/mol. The Labute approximate surface area is 130 Å². The van der Waals surface area contributed by atoms with Crippen molar-refractivity contribution in [2.75, 3.05) is 6.79 Å². The van der Waals surface area contributed by atoms with Gasteiger partial charge in [-0.05, 0) is 18.2 Å². The molecule has 0 saturated carbocycles. The van der Waals surface area contributed by atoms with Gasteiger partial charge >= 0.3 is 0 Å². The number of imidazole rings is 1. The Balaban J connectivity index is 1.88.